The molecule has 0 unspecified atom stereocenters. The Labute approximate surface area is 117 Å². The molecule has 1 fully saturated rings. The molecule has 4 N–H and O–H groups in total. The number of likely N-dealkylation sites (tertiary alicyclic amines) is 1. The van der Waals surface area contributed by atoms with Crippen molar-refractivity contribution in [2.45, 2.75) is 13.0 Å². The van der Waals surface area contributed by atoms with Crippen molar-refractivity contribution >= 4 is 22.6 Å². The van der Waals surface area contributed by atoms with Crippen LogP contribution in [-0.4, -0.2) is 28.9 Å². The molecule has 1 aliphatic heterocycles. The average molecular weight is 270 g/mol. The summed E-state index contributed by atoms with van der Waals surface area (Å²) in [6, 6.07) is 9.67. The molecule has 3 rings (SSSR count). The van der Waals surface area contributed by atoms with Crippen LogP contribution in [0.4, 0.5) is 5.82 Å². The largest absolute Gasteiger partial charge is 0.384 e. The van der Waals surface area contributed by atoms with Crippen LogP contribution in [0.25, 0.3) is 10.9 Å². The van der Waals surface area contributed by atoms with E-state index < -0.39 is 0 Å². The molecule has 0 radical (unpaired) electrons. The molecule has 1 aromatic heterocycles. The van der Waals surface area contributed by atoms with E-state index in [1.165, 1.54) is 0 Å². The van der Waals surface area contributed by atoms with Crippen molar-refractivity contribution in [2.24, 2.45) is 11.7 Å². The highest BCUT2D eigenvalue weighted by molar-refractivity contribution is 5.85. The third-order valence-corrected chi connectivity index (χ3v) is 3.90. The molecule has 0 aliphatic carbocycles. The summed E-state index contributed by atoms with van der Waals surface area (Å²) >= 11 is 0. The minimum atomic E-state index is -0.0151. The van der Waals surface area contributed by atoms with Gasteiger partial charge in [-0.2, -0.15) is 0 Å². The summed E-state index contributed by atoms with van der Waals surface area (Å²) in [5, 5.41) is 1.05. The van der Waals surface area contributed by atoms with Crippen LogP contribution >= 0.6 is 0 Å². The highest BCUT2D eigenvalue weighted by atomic mass is 16.2. The van der Waals surface area contributed by atoms with Gasteiger partial charge in [-0.05, 0) is 30.2 Å². The second-order valence-electron chi connectivity index (χ2n) is 5.20. The summed E-state index contributed by atoms with van der Waals surface area (Å²) in [5.41, 5.74) is 13.3. The molecule has 0 saturated carbocycles. The van der Waals surface area contributed by atoms with Crippen LogP contribution in [0.5, 0.6) is 0 Å². The zero-order chi connectivity index (χ0) is 14.1. The summed E-state index contributed by atoms with van der Waals surface area (Å²) in [6.45, 7) is 1.82. The van der Waals surface area contributed by atoms with Gasteiger partial charge in [0.1, 0.15) is 5.82 Å². The molecule has 0 spiro atoms. The van der Waals surface area contributed by atoms with E-state index in [0.29, 0.717) is 18.9 Å². The lowest BCUT2D eigenvalue weighted by atomic mass is 10.1. The SMILES string of the molecule is NC[C@@H]1CCN(Cc2cccc3nc(N)ccc23)C1=O. The Morgan fingerprint density at radius 1 is 1.30 bits per heavy atom. The molecule has 1 amide bonds. The topological polar surface area (TPSA) is 85.2 Å². The van der Waals surface area contributed by atoms with Gasteiger partial charge in [0.25, 0.3) is 0 Å². The van der Waals surface area contributed by atoms with Crippen molar-refractivity contribution in [1.82, 2.24) is 9.88 Å². The van der Waals surface area contributed by atoms with Gasteiger partial charge in [0, 0.05) is 25.0 Å². The van der Waals surface area contributed by atoms with Crippen molar-refractivity contribution in [1.29, 1.82) is 0 Å². The van der Waals surface area contributed by atoms with Crippen molar-refractivity contribution in [3.63, 3.8) is 0 Å². The number of carbonyl (C=O) groups excluding carboxylic acids is 1. The van der Waals surface area contributed by atoms with Crippen LogP contribution in [0.15, 0.2) is 30.3 Å². The Balaban J connectivity index is 1.90. The van der Waals surface area contributed by atoms with Gasteiger partial charge < -0.3 is 16.4 Å². The Bertz CT molecular complexity index is 655. The average Bonchev–Trinajstić information content (AvgIpc) is 2.79. The maximum atomic E-state index is 12.1. The maximum Gasteiger partial charge on any atom is 0.227 e. The molecule has 5 nitrogen and oxygen atoms in total. The molecular formula is C15H18N4O. The van der Waals surface area contributed by atoms with Crippen LogP contribution in [-0.2, 0) is 11.3 Å². The van der Waals surface area contributed by atoms with E-state index in [9.17, 15) is 4.79 Å². The Hall–Kier alpha value is -2.14. The van der Waals surface area contributed by atoms with Gasteiger partial charge in [-0.3, -0.25) is 4.79 Å². The highest BCUT2D eigenvalue weighted by Crippen LogP contribution is 2.24. The number of pyridine rings is 1. The lowest BCUT2D eigenvalue weighted by Crippen LogP contribution is -2.29. The van der Waals surface area contributed by atoms with Crippen molar-refractivity contribution in [3.8, 4) is 0 Å². The van der Waals surface area contributed by atoms with E-state index in [4.69, 9.17) is 11.5 Å². The molecule has 1 saturated heterocycles. The van der Waals surface area contributed by atoms with Gasteiger partial charge >= 0.3 is 0 Å². The van der Waals surface area contributed by atoms with Gasteiger partial charge in [0.2, 0.25) is 5.91 Å². The van der Waals surface area contributed by atoms with Crippen molar-refractivity contribution < 1.29 is 4.79 Å². The zero-order valence-electron chi connectivity index (χ0n) is 11.2. The molecular weight excluding hydrogens is 252 g/mol. The molecule has 2 heterocycles. The summed E-state index contributed by atoms with van der Waals surface area (Å²) in [7, 11) is 0. The molecule has 20 heavy (non-hydrogen) atoms. The van der Waals surface area contributed by atoms with E-state index in [0.717, 1.165) is 29.4 Å². The fraction of sp³-hybridized carbons (Fsp3) is 0.333. The minimum Gasteiger partial charge on any atom is -0.384 e. The molecule has 2 aromatic rings. The third kappa shape index (κ3) is 2.20. The predicted octanol–water partition coefficient (Wildman–Crippen LogP) is 1.12. The third-order valence-electron chi connectivity index (χ3n) is 3.90. The monoisotopic (exact) mass is 270 g/mol. The van der Waals surface area contributed by atoms with Crippen molar-refractivity contribution in [3.05, 3.63) is 35.9 Å². The fourth-order valence-electron chi connectivity index (χ4n) is 2.76. The first kappa shape index (κ1) is 12.9. The number of nitrogens with zero attached hydrogens (tertiary/aromatic N) is 2. The van der Waals surface area contributed by atoms with Crippen LogP contribution in [0.3, 0.4) is 0 Å². The molecule has 0 bridgehead atoms. The van der Waals surface area contributed by atoms with E-state index in [2.05, 4.69) is 4.98 Å². The van der Waals surface area contributed by atoms with Crippen molar-refractivity contribution in [2.75, 3.05) is 18.8 Å². The van der Waals surface area contributed by atoms with E-state index in [1.807, 2.05) is 29.2 Å². The van der Waals surface area contributed by atoms with E-state index in [1.54, 1.807) is 6.07 Å². The first-order valence-electron chi connectivity index (χ1n) is 6.82. The number of aromatic nitrogens is 1. The second kappa shape index (κ2) is 5.09. The number of benzene rings is 1. The van der Waals surface area contributed by atoms with Gasteiger partial charge in [-0.1, -0.05) is 12.1 Å². The van der Waals surface area contributed by atoms with Gasteiger partial charge in [0.05, 0.1) is 11.4 Å². The lowest BCUT2D eigenvalue weighted by molar-refractivity contribution is -0.131. The number of hydrogen-bond donors (Lipinski definition) is 2. The molecule has 1 aliphatic rings. The zero-order valence-corrected chi connectivity index (χ0v) is 11.2. The maximum absolute atomic E-state index is 12.1. The summed E-state index contributed by atoms with van der Waals surface area (Å²) < 4.78 is 0. The minimum absolute atomic E-state index is 0.0151. The second-order valence-corrected chi connectivity index (χ2v) is 5.20. The summed E-state index contributed by atoms with van der Waals surface area (Å²) in [6.07, 6.45) is 0.852. The number of amides is 1. The Morgan fingerprint density at radius 3 is 2.90 bits per heavy atom. The normalized spacial score (nSPS) is 18.9. The van der Waals surface area contributed by atoms with Gasteiger partial charge in [-0.15, -0.1) is 0 Å². The number of rotatable bonds is 3. The first-order chi connectivity index (χ1) is 9.69. The Kier molecular flexibility index (Phi) is 3.28. The number of anilines is 1. The fourth-order valence-corrected chi connectivity index (χ4v) is 2.76. The summed E-state index contributed by atoms with van der Waals surface area (Å²) in [4.78, 5) is 18.3. The Morgan fingerprint density at radius 2 is 2.15 bits per heavy atom. The van der Waals surface area contributed by atoms with E-state index in [-0.39, 0.29) is 11.8 Å². The van der Waals surface area contributed by atoms with Crippen LogP contribution in [0.2, 0.25) is 0 Å². The highest BCUT2D eigenvalue weighted by Gasteiger charge is 2.30. The standard InChI is InChI=1S/C15H18N4O/c16-8-10-6-7-19(15(10)20)9-11-2-1-3-13-12(11)4-5-14(17)18-13/h1-5,10H,6-9,16H2,(H2,17,18)/t10-/m0/s1. The number of nitrogen functional groups attached to an aromatic ring is 1. The smallest absolute Gasteiger partial charge is 0.227 e. The molecule has 5 heteroatoms. The first-order valence-corrected chi connectivity index (χ1v) is 6.82. The number of nitrogens with two attached hydrogens (primary N) is 2. The van der Waals surface area contributed by atoms with Crippen LogP contribution in [0.1, 0.15) is 12.0 Å². The van der Waals surface area contributed by atoms with Gasteiger partial charge in [-0.25, -0.2) is 4.98 Å². The molecule has 104 valence electrons. The van der Waals surface area contributed by atoms with E-state index >= 15 is 0 Å². The van der Waals surface area contributed by atoms with Crippen LogP contribution < -0.4 is 11.5 Å². The molecule has 1 atom stereocenters. The van der Waals surface area contributed by atoms with Gasteiger partial charge in [0.15, 0.2) is 0 Å². The number of carbonyl (C=O) groups is 1. The van der Waals surface area contributed by atoms with Crippen LogP contribution in [0, 0.1) is 5.92 Å². The number of fused-ring (bicyclic) bond motifs is 1. The number of hydrogen-bond acceptors (Lipinski definition) is 4. The molecule has 1 aromatic carbocycles. The summed E-state index contributed by atoms with van der Waals surface area (Å²) in [5.74, 6) is 0.654. The lowest BCUT2D eigenvalue weighted by Gasteiger charge is -2.17. The predicted molar refractivity (Wildman–Crippen MR) is 78.7 cm³/mol. The quantitative estimate of drug-likeness (QED) is 0.875.